The first kappa shape index (κ1) is 26.7. The van der Waals surface area contributed by atoms with Gasteiger partial charge in [0.2, 0.25) is 5.66 Å². The third-order valence-corrected chi connectivity index (χ3v) is 8.45. The van der Waals surface area contributed by atoms with Gasteiger partial charge in [-0.25, -0.2) is 19.7 Å². The minimum absolute atomic E-state index is 0.0217. The number of aliphatic imine (C=N–C) groups is 1. The molecular formula is C27H33FN9O4+. The number of aromatic nitrogens is 1. The molecule has 4 aliphatic heterocycles. The van der Waals surface area contributed by atoms with Crippen LogP contribution in [0.1, 0.15) is 46.7 Å². The lowest BCUT2D eigenvalue weighted by molar-refractivity contribution is -0.513. The van der Waals surface area contributed by atoms with Crippen LogP contribution >= 0.6 is 0 Å². The topological polar surface area (TPSA) is 194 Å². The number of ether oxygens (including phenoxy) is 1. The van der Waals surface area contributed by atoms with Crippen LogP contribution in [0.15, 0.2) is 41.5 Å². The number of amides is 2. The smallest absolute Gasteiger partial charge is 0.343 e. The standard InChI is InChI=1S/C27H32FN9O4/c1-26(2)8-9-41-19-14(4-3-5-15(19)26)22(39)33-18-12-37-25(30)34-17(20-27(37,21(18)38)36-24(29)35-20)11-32-23(40)16-7-6-13(28)10-31-16/h3-7,10,17-18,20-21,38H,8-9,11-12H2,1-2H3,(H2,30,34)(H,32,40)(H,33,39)(H3,29,35,36)/p+1/t17-,18?,20?,21+,27?/m0/s1. The molecule has 6 rings (SSSR count). The molecule has 2 aromatic rings. The number of nitrogens with zero attached hydrogens (tertiary/aromatic N) is 3. The third-order valence-electron chi connectivity index (χ3n) is 8.45. The number of nitrogens with one attached hydrogen (secondary N) is 4. The molecule has 0 aliphatic carbocycles. The number of carbonyl (C=O) groups excluding carboxylic acids is 2. The van der Waals surface area contributed by atoms with Crippen LogP contribution in [-0.4, -0.2) is 88.3 Å². The van der Waals surface area contributed by atoms with Gasteiger partial charge in [-0.05, 0) is 30.0 Å². The molecule has 14 heteroatoms. The summed E-state index contributed by atoms with van der Waals surface area (Å²) in [5, 5.41) is 20.5. The second kappa shape index (κ2) is 9.58. The second-order valence-electron chi connectivity index (χ2n) is 11.4. The number of halogens is 1. The van der Waals surface area contributed by atoms with Gasteiger partial charge in [0.1, 0.15) is 29.4 Å². The van der Waals surface area contributed by atoms with E-state index in [1.54, 1.807) is 11.0 Å². The number of aliphatic hydroxyl groups is 1. The van der Waals surface area contributed by atoms with Crippen molar-refractivity contribution in [3.05, 3.63) is 59.2 Å². The number of hydrogen-bond acceptors (Lipinski definition) is 10. The molecule has 41 heavy (non-hydrogen) atoms. The number of aliphatic hydroxyl groups excluding tert-OH is 1. The summed E-state index contributed by atoms with van der Waals surface area (Å²) >= 11 is 0. The molecule has 4 aliphatic rings. The van der Waals surface area contributed by atoms with E-state index in [1.165, 1.54) is 6.07 Å². The molecule has 216 valence electrons. The highest BCUT2D eigenvalue weighted by atomic mass is 19.1. The second-order valence-corrected chi connectivity index (χ2v) is 11.4. The minimum Gasteiger partial charge on any atom is -0.492 e. The predicted molar refractivity (Wildman–Crippen MR) is 145 cm³/mol. The molecule has 1 aromatic carbocycles. The summed E-state index contributed by atoms with van der Waals surface area (Å²) in [7, 11) is 0. The number of hydrogen-bond donors (Lipinski definition) is 7. The number of nitrogens with two attached hydrogens (primary N) is 2. The molecule has 0 bridgehead atoms. The van der Waals surface area contributed by atoms with E-state index in [-0.39, 0.29) is 42.0 Å². The lowest BCUT2D eigenvalue weighted by Crippen LogP contribution is -2.88. The van der Waals surface area contributed by atoms with Crippen molar-refractivity contribution in [1.29, 1.82) is 0 Å². The monoisotopic (exact) mass is 566 g/mol. The van der Waals surface area contributed by atoms with Crippen LogP contribution in [0.3, 0.4) is 0 Å². The van der Waals surface area contributed by atoms with Crippen LogP contribution in [-0.2, 0) is 5.41 Å². The van der Waals surface area contributed by atoms with Crippen molar-refractivity contribution in [1.82, 2.24) is 25.8 Å². The fraction of sp³-hybridized carbons (Fsp3) is 0.444. The average molecular weight is 567 g/mol. The van der Waals surface area contributed by atoms with E-state index < -0.39 is 41.6 Å². The highest BCUT2D eigenvalue weighted by molar-refractivity contribution is 5.98. The van der Waals surface area contributed by atoms with E-state index in [4.69, 9.17) is 16.2 Å². The quantitative estimate of drug-likeness (QED) is 0.201. The number of para-hydroxylation sites is 1. The molecule has 5 atom stereocenters. The Kier molecular flexibility index (Phi) is 6.25. The first-order chi connectivity index (χ1) is 19.5. The zero-order valence-electron chi connectivity index (χ0n) is 22.6. The molecule has 0 saturated carbocycles. The molecule has 5 heterocycles. The molecule has 1 aromatic heterocycles. The van der Waals surface area contributed by atoms with Crippen molar-refractivity contribution in [2.75, 3.05) is 19.7 Å². The zero-order valence-corrected chi connectivity index (χ0v) is 22.6. The Bertz CT molecular complexity index is 1460. The lowest BCUT2D eigenvalue weighted by atomic mass is 9.79. The van der Waals surface area contributed by atoms with E-state index in [1.807, 2.05) is 12.1 Å². The summed E-state index contributed by atoms with van der Waals surface area (Å²) in [5.41, 5.74) is 12.5. The van der Waals surface area contributed by atoms with Crippen molar-refractivity contribution >= 4 is 23.7 Å². The van der Waals surface area contributed by atoms with E-state index in [0.717, 1.165) is 24.2 Å². The molecule has 1 spiro atoms. The summed E-state index contributed by atoms with van der Waals surface area (Å²) in [6.45, 7) is 4.91. The number of pyridine rings is 1. The zero-order chi connectivity index (χ0) is 29.1. The molecule has 2 amide bonds. The fourth-order valence-electron chi connectivity index (χ4n) is 6.28. The van der Waals surface area contributed by atoms with Crippen molar-refractivity contribution < 1.29 is 28.8 Å². The molecule has 1 fully saturated rings. The normalized spacial score (nSPS) is 29.1. The lowest BCUT2D eigenvalue weighted by Gasteiger charge is -2.43. The Morgan fingerprint density at radius 1 is 1.27 bits per heavy atom. The summed E-state index contributed by atoms with van der Waals surface area (Å²) in [4.78, 5) is 39.3. The molecule has 13 nitrogen and oxygen atoms in total. The van der Waals surface area contributed by atoms with Crippen LogP contribution in [0.5, 0.6) is 5.75 Å². The number of guanidine groups is 2. The average Bonchev–Trinajstić information content (AvgIpc) is 3.43. The van der Waals surface area contributed by atoms with Gasteiger partial charge in [0.25, 0.3) is 11.8 Å². The first-order valence-electron chi connectivity index (χ1n) is 13.4. The Labute approximate surface area is 235 Å². The van der Waals surface area contributed by atoms with Gasteiger partial charge in [-0.2, -0.15) is 0 Å². The van der Waals surface area contributed by atoms with E-state index in [0.29, 0.717) is 17.9 Å². The summed E-state index contributed by atoms with van der Waals surface area (Å²) in [6, 6.07) is 5.90. The molecule has 9 N–H and O–H groups in total. The first-order valence-corrected chi connectivity index (χ1v) is 13.4. The summed E-state index contributed by atoms with van der Waals surface area (Å²) in [6.07, 6.45) is 0.619. The maximum Gasteiger partial charge on any atom is 0.343 e. The van der Waals surface area contributed by atoms with Crippen LogP contribution in [0.4, 0.5) is 4.39 Å². The van der Waals surface area contributed by atoms with Gasteiger partial charge in [0.05, 0.1) is 24.4 Å². The number of rotatable bonds is 5. The Morgan fingerprint density at radius 2 is 2.07 bits per heavy atom. The predicted octanol–water partition coefficient (Wildman–Crippen LogP) is -2.75. The van der Waals surface area contributed by atoms with Crippen molar-refractivity contribution in [3.8, 4) is 5.75 Å². The largest absolute Gasteiger partial charge is 0.492 e. The van der Waals surface area contributed by atoms with Gasteiger partial charge in [-0.1, -0.05) is 26.0 Å². The number of benzene rings is 1. The van der Waals surface area contributed by atoms with E-state index in [9.17, 15) is 19.1 Å². The molecular weight excluding hydrogens is 533 g/mol. The number of carbonyl (C=O) groups is 2. The van der Waals surface area contributed by atoms with Crippen molar-refractivity contribution in [2.24, 2.45) is 16.5 Å². The van der Waals surface area contributed by atoms with Gasteiger partial charge in [0, 0.05) is 18.7 Å². The highest BCUT2D eigenvalue weighted by Crippen LogP contribution is 2.41. The van der Waals surface area contributed by atoms with Crippen LogP contribution in [0.2, 0.25) is 0 Å². The summed E-state index contributed by atoms with van der Waals surface area (Å²) in [5.74, 6) is -0.603. The van der Waals surface area contributed by atoms with Gasteiger partial charge >= 0.3 is 5.96 Å². The maximum atomic E-state index is 13.5. The van der Waals surface area contributed by atoms with Gasteiger partial charge in [-0.3, -0.25) is 20.3 Å². The van der Waals surface area contributed by atoms with Gasteiger partial charge in [-0.15, -0.1) is 0 Å². The molecule has 3 unspecified atom stereocenters. The summed E-state index contributed by atoms with van der Waals surface area (Å²) < 4.78 is 19.1. The third kappa shape index (κ3) is 4.29. The van der Waals surface area contributed by atoms with Crippen LogP contribution in [0.25, 0.3) is 0 Å². The van der Waals surface area contributed by atoms with Crippen molar-refractivity contribution in [2.45, 2.75) is 55.6 Å². The van der Waals surface area contributed by atoms with Crippen LogP contribution in [0, 0.1) is 5.82 Å². The highest BCUT2D eigenvalue weighted by Gasteiger charge is 2.68. The van der Waals surface area contributed by atoms with Gasteiger partial charge < -0.3 is 31.1 Å². The molecule has 0 radical (unpaired) electrons. The maximum absolute atomic E-state index is 13.5. The molecule has 1 saturated heterocycles. The Balaban J connectivity index is 1.22. The van der Waals surface area contributed by atoms with E-state index >= 15 is 0 Å². The SMILES string of the molecule is CC1(C)CCOc2c(C(=O)NC3CN4C(N)=N[C@@H](CNC(=O)c5ccc(F)cn5)C5[NH+]=C(N)NC54[C@@H]3O)cccc21. The Hall–Kier alpha value is -4.46. The Morgan fingerprint density at radius 3 is 2.83 bits per heavy atom. The number of fused-ring (bicyclic) bond motifs is 1. The van der Waals surface area contributed by atoms with Crippen LogP contribution < -0.4 is 37.1 Å². The van der Waals surface area contributed by atoms with E-state index in [2.05, 4.69) is 44.8 Å². The van der Waals surface area contributed by atoms with Gasteiger partial charge in [0.15, 0.2) is 12.0 Å². The fourth-order valence-corrected chi connectivity index (χ4v) is 6.28. The van der Waals surface area contributed by atoms with Crippen molar-refractivity contribution in [3.63, 3.8) is 0 Å². The minimum atomic E-state index is -1.24.